The number of rotatable bonds is 2. The summed E-state index contributed by atoms with van der Waals surface area (Å²) in [5.41, 5.74) is 5.46. The van der Waals surface area contributed by atoms with Gasteiger partial charge < -0.3 is 10.6 Å². The Morgan fingerprint density at radius 1 is 1.33 bits per heavy atom. The topological polar surface area (TPSA) is 67.9 Å². The molecule has 0 radical (unpaired) electrons. The lowest BCUT2D eigenvalue weighted by molar-refractivity contribution is 0.922. The number of hydrogen-bond acceptors (Lipinski definition) is 5. The number of hydrogen-bond donors (Lipinski definition) is 1. The highest BCUT2D eigenvalue weighted by Gasteiger charge is 2.03. The molecule has 1 rings (SSSR count). The highest BCUT2D eigenvalue weighted by atomic mass is 79.9. The molecule has 0 unspecified atom stereocenters. The number of nitrogen functional groups attached to an aromatic ring is 1. The van der Waals surface area contributed by atoms with Gasteiger partial charge >= 0.3 is 0 Å². The molecule has 1 aromatic heterocycles. The van der Waals surface area contributed by atoms with Crippen molar-refractivity contribution in [2.75, 3.05) is 24.7 Å². The average Bonchev–Trinajstić information content (AvgIpc) is 2.03. The van der Waals surface area contributed by atoms with Gasteiger partial charge in [-0.25, -0.2) is 0 Å². The van der Waals surface area contributed by atoms with Crippen LogP contribution >= 0.6 is 15.9 Å². The molecule has 0 saturated heterocycles. The molecule has 0 bridgehead atoms. The summed E-state index contributed by atoms with van der Waals surface area (Å²) in [5.74, 6) is 1.48. The monoisotopic (exact) mass is 231 g/mol. The van der Waals surface area contributed by atoms with E-state index in [1.807, 2.05) is 14.1 Å². The molecule has 6 heteroatoms. The maximum absolute atomic E-state index is 5.46. The molecule has 0 amide bonds. The highest BCUT2D eigenvalue weighted by molar-refractivity contribution is 9.08. The van der Waals surface area contributed by atoms with Gasteiger partial charge in [0.05, 0.1) is 5.33 Å². The van der Waals surface area contributed by atoms with E-state index in [1.54, 1.807) is 4.90 Å². The Balaban J connectivity index is 3.06. The summed E-state index contributed by atoms with van der Waals surface area (Å²) >= 11 is 3.25. The summed E-state index contributed by atoms with van der Waals surface area (Å²) in [6.45, 7) is 0. The van der Waals surface area contributed by atoms with Crippen molar-refractivity contribution in [3.05, 3.63) is 5.82 Å². The predicted molar refractivity (Wildman–Crippen MR) is 51.2 cm³/mol. The van der Waals surface area contributed by atoms with Gasteiger partial charge in [-0.3, -0.25) is 0 Å². The lowest BCUT2D eigenvalue weighted by Gasteiger charge is -2.10. The van der Waals surface area contributed by atoms with E-state index in [0.717, 1.165) is 0 Å². The minimum absolute atomic E-state index is 0.253. The molecule has 0 aliphatic heterocycles. The fourth-order valence-corrected chi connectivity index (χ4v) is 0.936. The van der Waals surface area contributed by atoms with E-state index in [-0.39, 0.29) is 5.95 Å². The fraction of sp³-hybridized carbons (Fsp3) is 0.500. The average molecular weight is 232 g/mol. The summed E-state index contributed by atoms with van der Waals surface area (Å²) in [4.78, 5) is 13.8. The Hall–Kier alpha value is -0.910. The zero-order chi connectivity index (χ0) is 9.14. The van der Waals surface area contributed by atoms with Crippen LogP contribution in [0.3, 0.4) is 0 Å². The number of nitrogens with two attached hydrogens (primary N) is 1. The lowest BCUT2D eigenvalue weighted by atomic mass is 10.6. The van der Waals surface area contributed by atoms with Crippen molar-refractivity contribution in [3.8, 4) is 0 Å². The van der Waals surface area contributed by atoms with Gasteiger partial charge in [0, 0.05) is 14.1 Å². The Bertz CT molecular complexity index is 275. The van der Waals surface area contributed by atoms with Crippen LogP contribution in [0.5, 0.6) is 0 Å². The largest absolute Gasteiger partial charge is 0.368 e. The molecule has 0 saturated carbocycles. The molecule has 0 atom stereocenters. The zero-order valence-electron chi connectivity index (χ0n) is 6.95. The van der Waals surface area contributed by atoms with Crippen molar-refractivity contribution >= 4 is 27.8 Å². The van der Waals surface area contributed by atoms with E-state index in [4.69, 9.17) is 5.73 Å². The van der Waals surface area contributed by atoms with Gasteiger partial charge in [0.25, 0.3) is 0 Å². The van der Waals surface area contributed by atoms with Gasteiger partial charge in [-0.15, -0.1) is 0 Å². The van der Waals surface area contributed by atoms with E-state index >= 15 is 0 Å². The van der Waals surface area contributed by atoms with Gasteiger partial charge in [-0.2, -0.15) is 15.0 Å². The van der Waals surface area contributed by atoms with Crippen LogP contribution in [0.2, 0.25) is 0 Å². The summed E-state index contributed by atoms with van der Waals surface area (Å²) in [5, 5.41) is 0.584. The number of aromatic nitrogens is 3. The molecular weight excluding hydrogens is 222 g/mol. The highest BCUT2D eigenvalue weighted by Crippen LogP contribution is 2.07. The van der Waals surface area contributed by atoms with E-state index in [2.05, 4.69) is 30.9 Å². The molecule has 0 spiro atoms. The third kappa shape index (κ3) is 2.04. The second-order valence-corrected chi connectivity index (χ2v) is 3.00. The Kier molecular flexibility index (Phi) is 2.80. The first-order valence-electron chi connectivity index (χ1n) is 3.37. The van der Waals surface area contributed by atoms with Gasteiger partial charge in [-0.1, -0.05) is 15.9 Å². The standard InChI is InChI=1S/C6H10BrN5/c1-12(2)6-10-4(3-7)9-5(8)11-6/h3H2,1-2H3,(H2,8,9,10,11). The van der Waals surface area contributed by atoms with E-state index < -0.39 is 0 Å². The molecule has 1 heterocycles. The van der Waals surface area contributed by atoms with E-state index in [9.17, 15) is 0 Å². The summed E-state index contributed by atoms with van der Waals surface area (Å²) in [6, 6.07) is 0. The molecule has 0 aromatic carbocycles. The summed E-state index contributed by atoms with van der Waals surface area (Å²) in [7, 11) is 3.71. The first kappa shape index (κ1) is 9.18. The number of alkyl halides is 1. The molecule has 0 fully saturated rings. The van der Waals surface area contributed by atoms with Crippen molar-refractivity contribution in [1.82, 2.24) is 15.0 Å². The molecular formula is C6H10BrN5. The van der Waals surface area contributed by atoms with Crippen molar-refractivity contribution in [2.24, 2.45) is 0 Å². The molecule has 12 heavy (non-hydrogen) atoms. The lowest BCUT2D eigenvalue weighted by Crippen LogP contribution is -2.15. The first-order valence-corrected chi connectivity index (χ1v) is 4.49. The normalized spacial score (nSPS) is 9.92. The van der Waals surface area contributed by atoms with Crippen LogP contribution in [0.15, 0.2) is 0 Å². The second-order valence-electron chi connectivity index (χ2n) is 2.44. The van der Waals surface area contributed by atoms with Crippen LogP contribution < -0.4 is 10.6 Å². The maximum Gasteiger partial charge on any atom is 0.229 e. The van der Waals surface area contributed by atoms with Crippen LogP contribution in [-0.4, -0.2) is 29.0 Å². The van der Waals surface area contributed by atoms with Gasteiger partial charge in [-0.05, 0) is 0 Å². The Morgan fingerprint density at radius 2 is 2.00 bits per heavy atom. The SMILES string of the molecule is CN(C)c1nc(N)nc(CBr)n1. The zero-order valence-corrected chi connectivity index (χ0v) is 8.54. The number of halogens is 1. The maximum atomic E-state index is 5.46. The molecule has 0 aliphatic carbocycles. The first-order chi connectivity index (χ1) is 5.63. The van der Waals surface area contributed by atoms with Crippen molar-refractivity contribution < 1.29 is 0 Å². The van der Waals surface area contributed by atoms with Gasteiger partial charge in [0.1, 0.15) is 5.82 Å². The molecule has 66 valence electrons. The van der Waals surface area contributed by atoms with Crippen LogP contribution in [0.25, 0.3) is 0 Å². The third-order valence-electron chi connectivity index (χ3n) is 1.21. The van der Waals surface area contributed by atoms with Crippen molar-refractivity contribution in [2.45, 2.75) is 5.33 Å². The quantitative estimate of drug-likeness (QED) is 0.748. The molecule has 0 aliphatic rings. The smallest absolute Gasteiger partial charge is 0.229 e. The van der Waals surface area contributed by atoms with Crippen LogP contribution in [-0.2, 0) is 5.33 Å². The van der Waals surface area contributed by atoms with Crippen LogP contribution in [0, 0.1) is 0 Å². The van der Waals surface area contributed by atoms with Crippen LogP contribution in [0.1, 0.15) is 5.82 Å². The third-order valence-corrected chi connectivity index (χ3v) is 1.71. The molecule has 5 nitrogen and oxygen atoms in total. The minimum Gasteiger partial charge on any atom is -0.368 e. The fourth-order valence-electron chi connectivity index (χ4n) is 0.685. The van der Waals surface area contributed by atoms with E-state index in [1.165, 1.54) is 0 Å². The summed E-state index contributed by atoms with van der Waals surface area (Å²) < 4.78 is 0. The van der Waals surface area contributed by atoms with Crippen molar-refractivity contribution in [3.63, 3.8) is 0 Å². The predicted octanol–water partition coefficient (Wildman–Crippen LogP) is 0.415. The minimum atomic E-state index is 0.253. The van der Waals surface area contributed by atoms with Crippen molar-refractivity contribution in [1.29, 1.82) is 0 Å². The Labute approximate surface area is 79.2 Å². The molecule has 2 N–H and O–H groups in total. The molecule has 1 aromatic rings. The van der Waals surface area contributed by atoms with Gasteiger partial charge in [0.2, 0.25) is 11.9 Å². The van der Waals surface area contributed by atoms with Crippen LogP contribution in [0.4, 0.5) is 11.9 Å². The number of nitrogens with zero attached hydrogens (tertiary/aromatic N) is 4. The van der Waals surface area contributed by atoms with E-state index in [0.29, 0.717) is 17.1 Å². The Morgan fingerprint density at radius 3 is 2.50 bits per heavy atom. The summed E-state index contributed by atoms with van der Waals surface area (Å²) in [6.07, 6.45) is 0. The van der Waals surface area contributed by atoms with Gasteiger partial charge in [0.15, 0.2) is 0 Å². The second kappa shape index (κ2) is 3.66. The number of anilines is 2.